The highest BCUT2D eigenvalue weighted by Gasteiger charge is 1.99. The van der Waals surface area contributed by atoms with Crippen molar-refractivity contribution >= 4 is 0 Å². The molecule has 0 saturated heterocycles. The molecule has 0 aliphatic carbocycles. The van der Waals surface area contributed by atoms with E-state index >= 15 is 0 Å². The first kappa shape index (κ1) is 10.6. The van der Waals surface area contributed by atoms with Crippen LogP contribution in [0.4, 0.5) is 4.39 Å². The summed E-state index contributed by atoms with van der Waals surface area (Å²) in [6.45, 7) is -0.00210. The second kappa shape index (κ2) is 5.29. The number of nitrogens with zero attached hydrogens (tertiary/aromatic N) is 4. The fraction of sp³-hybridized carbons (Fsp3) is 0.100. The summed E-state index contributed by atoms with van der Waals surface area (Å²) in [5.41, 5.74) is 8.58. The van der Waals surface area contributed by atoms with Crippen LogP contribution in [0.1, 0.15) is 11.1 Å². The Kier molecular flexibility index (Phi) is 3.73. The fourth-order valence-corrected chi connectivity index (χ4v) is 0.919. The zero-order valence-corrected chi connectivity index (χ0v) is 7.61. The molecule has 0 radical (unpaired) electrons. The van der Waals surface area contributed by atoms with Gasteiger partial charge in [0, 0.05) is 10.5 Å². The Morgan fingerprint density at radius 2 is 2.27 bits per heavy atom. The average Bonchev–Trinajstić information content (AvgIpc) is 2.25. The van der Waals surface area contributed by atoms with E-state index in [4.69, 9.17) is 10.8 Å². The van der Waals surface area contributed by atoms with Gasteiger partial charge in [0.25, 0.3) is 0 Å². The van der Waals surface area contributed by atoms with Crippen molar-refractivity contribution in [3.63, 3.8) is 0 Å². The highest BCUT2D eigenvalue weighted by molar-refractivity contribution is 5.48. The predicted molar refractivity (Wildman–Crippen MR) is 52.0 cm³/mol. The third kappa shape index (κ3) is 3.04. The van der Waals surface area contributed by atoms with E-state index in [1.165, 1.54) is 18.2 Å². The van der Waals surface area contributed by atoms with E-state index in [-0.39, 0.29) is 6.54 Å². The van der Waals surface area contributed by atoms with Gasteiger partial charge in [-0.25, -0.2) is 4.39 Å². The van der Waals surface area contributed by atoms with Gasteiger partial charge in [-0.2, -0.15) is 5.26 Å². The van der Waals surface area contributed by atoms with Gasteiger partial charge in [-0.3, -0.25) is 0 Å². The molecule has 0 spiro atoms. The van der Waals surface area contributed by atoms with E-state index in [2.05, 4.69) is 21.9 Å². The predicted octanol–water partition coefficient (Wildman–Crippen LogP) is 2.36. The van der Waals surface area contributed by atoms with Crippen molar-refractivity contribution < 1.29 is 4.39 Å². The minimum Gasteiger partial charge on any atom is -0.207 e. The molecule has 0 saturated carbocycles. The van der Waals surface area contributed by atoms with Crippen LogP contribution in [0, 0.1) is 29.0 Å². The van der Waals surface area contributed by atoms with Gasteiger partial charge in [-0.15, -0.1) is 0 Å². The number of benzene rings is 1. The molecule has 0 amide bonds. The summed E-state index contributed by atoms with van der Waals surface area (Å²) in [5.74, 6) is 4.62. The van der Waals surface area contributed by atoms with Crippen LogP contribution in [0.25, 0.3) is 10.4 Å². The Morgan fingerprint density at radius 1 is 1.47 bits per heavy atom. The van der Waals surface area contributed by atoms with Gasteiger partial charge in [0.1, 0.15) is 11.9 Å². The van der Waals surface area contributed by atoms with Gasteiger partial charge in [0.2, 0.25) is 0 Å². The first-order valence-electron chi connectivity index (χ1n) is 3.97. The van der Waals surface area contributed by atoms with E-state index in [0.29, 0.717) is 11.1 Å². The number of rotatable bonds is 1. The van der Waals surface area contributed by atoms with Crippen LogP contribution >= 0.6 is 0 Å². The maximum atomic E-state index is 12.8. The molecule has 0 N–H and O–H groups in total. The molecule has 0 unspecified atom stereocenters. The fourth-order valence-electron chi connectivity index (χ4n) is 0.919. The Hall–Kier alpha value is -2.49. The second-order valence-corrected chi connectivity index (χ2v) is 2.49. The van der Waals surface area contributed by atoms with Crippen LogP contribution in [0.15, 0.2) is 23.3 Å². The van der Waals surface area contributed by atoms with Crippen LogP contribution in [0.5, 0.6) is 0 Å². The van der Waals surface area contributed by atoms with Crippen molar-refractivity contribution in [3.8, 4) is 17.9 Å². The second-order valence-electron chi connectivity index (χ2n) is 2.49. The van der Waals surface area contributed by atoms with Gasteiger partial charge < -0.3 is 0 Å². The molecule has 5 heteroatoms. The molecule has 1 aromatic rings. The van der Waals surface area contributed by atoms with Gasteiger partial charge in [-0.1, -0.05) is 17.0 Å². The number of nitriles is 1. The summed E-state index contributed by atoms with van der Waals surface area (Å²) in [7, 11) is 0. The molecule has 1 rings (SSSR count). The van der Waals surface area contributed by atoms with E-state index in [1.807, 2.05) is 6.07 Å². The van der Waals surface area contributed by atoms with Crippen molar-refractivity contribution in [2.45, 2.75) is 0 Å². The van der Waals surface area contributed by atoms with Crippen LogP contribution in [-0.2, 0) is 0 Å². The largest absolute Gasteiger partial charge is 0.207 e. The van der Waals surface area contributed by atoms with E-state index in [9.17, 15) is 4.39 Å². The van der Waals surface area contributed by atoms with Crippen molar-refractivity contribution in [2.75, 3.05) is 6.54 Å². The smallest absolute Gasteiger partial charge is 0.124 e. The number of hydrogen-bond donors (Lipinski definition) is 0. The molecule has 0 aliphatic heterocycles. The first-order valence-corrected chi connectivity index (χ1v) is 3.97. The molecular formula is C10H5FN4. The molecule has 72 valence electrons. The summed E-state index contributed by atoms with van der Waals surface area (Å²) in [5, 5.41) is 11.9. The Labute approximate surface area is 85.6 Å². The zero-order valence-electron chi connectivity index (χ0n) is 7.61. The highest BCUT2D eigenvalue weighted by atomic mass is 19.1. The van der Waals surface area contributed by atoms with Gasteiger partial charge in [-0.05, 0) is 23.7 Å². The van der Waals surface area contributed by atoms with Crippen molar-refractivity contribution in [3.05, 3.63) is 45.6 Å². The monoisotopic (exact) mass is 200 g/mol. The molecule has 0 atom stereocenters. The topological polar surface area (TPSA) is 72.5 Å². The lowest BCUT2D eigenvalue weighted by atomic mass is 10.1. The number of azide groups is 1. The van der Waals surface area contributed by atoms with Gasteiger partial charge in [0.15, 0.2) is 0 Å². The van der Waals surface area contributed by atoms with Gasteiger partial charge >= 0.3 is 0 Å². The quantitative estimate of drug-likeness (QED) is 0.297. The lowest BCUT2D eigenvalue weighted by molar-refractivity contribution is 0.627. The Balaban J connectivity index is 3.01. The molecule has 0 aromatic heterocycles. The first-order chi connectivity index (χ1) is 7.27. The molecule has 0 heterocycles. The Morgan fingerprint density at radius 3 is 2.93 bits per heavy atom. The maximum absolute atomic E-state index is 12.8. The standard InChI is InChI=1S/C10H5FN4/c11-10-4-3-9(7-12)8(6-10)2-1-5-14-15-13/h3-4,6H,5H2. The van der Waals surface area contributed by atoms with Gasteiger partial charge in [0.05, 0.1) is 12.1 Å². The SMILES string of the molecule is N#Cc1ccc(F)cc1C#CCN=[N+]=[N-]. The number of halogens is 1. The molecule has 1 aromatic carbocycles. The molecule has 15 heavy (non-hydrogen) atoms. The minimum atomic E-state index is -0.456. The van der Waals surface area contributed by atoms with Crippen molar-refractivity contribution in [1.82, 2.24) is 0 Å². The number of hydrogen-bond acceptors (Lipinski definition) is 2. The van der Waals surface area contributed by atoms with Crippen LogP contribution < -0.4 is 0 Å². The summed E-state index contributed by atoms with van der Waals surface area (Å²) in [6, 6.07) is 5.61. The summed E-state index contributed by atoms with van der Waals surface area (Å²) >= 11 is 0. The highest BCUT2D eigenvalue weighted by Crippen LogP contribution is 2.08. The van der Waals surface area contributed by atoms with Crippen LogP contribution in [-0.4, -0.2) is 6.54 Å². The van der Waals surface area contributed by atoms with Crippen LogP contribution in [0.2, 0.25) is 0 Å². The van der Waals surface area contributed by atoms with E-state index < -0.39 is 5.82 Å². The third-order valence-corrected chi connectivity index (χ3v) is 1.54. The van der Waals surface area contributed by atoms with Crippen LogP contribution in [0.3, 0.4) is 0 Å². The minimum absolute atomic E-state index is 0.00210. The average molecular weight is 200 g/mol. The molecule has 0 aliphatic rings. The molecule has 0 fully saturated rings. The van der Waals surface area contributed by atoms with Crippen molar-refractivity contribution in [1.29, 1.82) is 5.26 Å². The Bertz CT molecular complexity index is 512. The molecular weight excluding hydrogens is 195 g/mol. The summed E-state index contributed by atoms with van der Waals surface area (Å²) < 4.78 is 12.8. The molecule has 4 nitrogen and oxygen atoms in total. The summed E-state index contributed by atoms with van der Waals surface area (Å²) in [4.78, 5) is 2.51. The summed E-state index contributed by atoms with van der Waals surface area (Å²) in [6.07, 6.45) is 0. The lowest BCUT2D eigenvalue weighted by Gasteiger charge is -1.94. The maximum Gasteiger partial charge on any atom is 0.124 e. The van der Waals surface area contributed by atoms with E-state index in [0.717, 1.165) is 0 Å². The zero-order chi connectivity index (χ0) is 11.1. The lowest BCUT2D eigenvalue weighted by Crippen LogP contribution is -1.85. The van der Waals surface area contributed by atoms with E-state index in [1.54, 1.807) is 0 Å². The molecule has 0 bridgehead atoms. The van der Waals surface area contributed by atoms with Crippen molar-refractivity contribution in [2.24, 2.45) is 5.11 Å². The third-order valence-electron chi connectivity index (χ3n) is 1.54. The normalized spacial score (nSPS) is 8.00.